The first-order chi connectivity index (χ1) is 12.1. The Bertz CT molecular complexity index is 673. The molecule has 25 heavy (non-hydrogen) atoms. The first-order valence-corrected chi connectivity index (χ1v) is 9.18. The van der Waals surface area contributed by atoms with Crippen molar-refractivity contribution in [3.8, 4) is 5.75 Å². The molecule has 0 saturated carbocycles. The van der Waals surface area contributed by atoms with Crippen LogP contribution in [-0.2, 0) is 6.61 Å². The number of ketones is 1. The van der Waals surface area contributed by atoms with Crippen molar-refractivity contribution in [1.29, 1.82) is 0 Å². The van der Waals surface area contributed by atoms with Gasteiger partial charge in [0.15, 0.2) is 5.78 Å². The number of likely N-dealkylation sites (tertiary alicyclic amines) is 1. The van der Waals surface area contributed by atoms with E-state index in [-0.39, 0.29) is 11.8 Å². The van der Waals surface area contributed by atoms with E-state index in [2.05, 4.69) is 11.8 Å². The Morgan fingerprint density at radius 2 is 1.72 bits per heavy atom. The molecular weight excluding hydrogens is 310 g/mol. The number of hydrogen-bond donors (Lipinski definition) is 0. The highest BCUT2D eigenvalue weighted by molar-refractivity contribution is 5.99. The van der Waals surface area contributed by atoms with Gasteiger partial charge >= 0.3 is 0 Å². The van der Waals surface area contributed by atoms with E-state index in [1.54, 1.807) is 0 Å². The molecule has 1 saturated heterocycles. The van der Waals surface area contributed by atoms with E-state index in [1.165, 1.54) is 12.8 Å². The van der Waals surface area contributed by atoms with Crippen LogP contribution in [0.25, 0.3) is 0 Å². The van der Waals surface area contributed by atoms with E-state index in [1.807, 2.05) is 61.5 Å². The molecule has 3 nitrogen and oxygen atoms in total. The predicted octanol–water partition coefficient (Wildman–Crippen LogP) is 4.57. The Labute approximate surface area is 150 Å². The molecule has 1 fully saturated rings. The summed E-state index contributed by atoms with van der Waals surface area (Å²) >= 11 is 0. The predicted molar refractivity (Wildman–Crippen MR) is 101 cm³/mol. The van der Waals surface area contributed by atoms with E-state index < -0.39 is 0 Å². The van der Waals surface area contributed by atoms with E-state index in [4.69, 9.17) is 4.74 Å². The quantitative estimate of drug-likeness (QED) is 0.723. The summed E-state index contributed by atoms with van der Waals surface area (Å²) < 4.78 is 5.79. The molecule has 1 unspecified atom stereocenters. The van der Waals surface area contributed by atoms with Crippen LogP contribution < -0.4 is 4.74 Å². The normalized spacial score (nSPS) is 17.2. The van der Waals surface area contributed by atoms with Crippen molar-refractivity contribution in [3.05, 3.63) is 65.7 Å². The Balaban J connectivity index is 1.56. The van der Waals surface area contributed by atoms with Crippen LogP contribution in [0.3, 0.4) is 0 Å². The maximum absolute atomic E-state index is 12.7. The summed E-state index contributed by atoms with van der Waals surface area (Å²) in [5, 5.41) is 0. The van der Waals surface area contributed by atoms with Crippen LogP contribution >= 0.6 is 0 Å². The molecule has 1 heterocycles. The molecule has 132 valence electrons. The molecule has 0 radical (unpaired) electrons. The topological polar surface area (TPSA) is 29.5 Å². The number of ether oxygens (including phenoxy) is 1. The van der Waals surface area contributed by atoms with Crippen molar-refractivity contribution < 1.29 is 9.53 Å². The minimum atomic E-state index is -0.0522. The highest BCUT2D eigenvalue weighted by Gasteiger charge is 2.25. The van der Waals surface area contributed by atoms with Gasteiger partial charge in [0.05, 0.1) is 6.04 Å². The van der Waals surface area contributed by atoms with Crippen molar-refractivity contribution >= 4 is 5.78 Å². The van der Waals surface area contributed by atoms with E-state index >= 15 is 0 Å². The molecule has 1 atom stereocenters. The molecule has 0 N–H and O–H groups in total. The molecule has 3 rings (SSSR count). The molecule has 0 bridgehead atoms. The minimum Gasteiger partial charge on any atom is -0.489 e. The van der Waals surface area contributed by atoms with Crippen molar-refractivity contribution in [2.45, 2.75) is 39.3 Å². The van der Waals surface area contributed by atoms with Crippen molar-refractivity contribution in [2.75, 3.05) is 13.1 Å². The first-order valence-electron chi connectivity index (χ1n) is 9.18. The maximum atomic E-state index is 12.7. The fourth-order valence-electron chi connectivity index (χ4n) is 3.28. The van der Waals surface area contributed by atoms with Gasteiger partial charge in [0.25, 0.3) is 0 Å². The maximum Gasteiger partial charge on any atom is 0.179 e. The fourth-order valence-corrected chi connectivity index (χ4v) is 3.28. The molecule has 0 spiro atoms. The number of Topliss-reactive ketones (excluding diaryl/α,β-unsaturated/α-hetero) is 1. The Kier molecular flexibility index (Phi) is 5.87. The van der Waals surface area contributed by atoms with Crippen LogP contribution in [-0.4, -0.2) is 29.8 Å². The highest BCUT2D eigenvalue weighted by Crippen LogP contribution is 2.21. The van der Waals surface area contributed by atoms with Gasteiger partial charge in [-0.25, -0.2) is 0 Å². The lowest BCUT2D eigenvalue weighted by Crippen LogP contribution is -2.43. The lowest BCUT2D eigenvalue weighted by atomic mass is 9.96. The van der Waals surface area contributed by atoms with Gasteiger partial charge in [-0.05, 0) is 68.6 Å². The van der Waals surface area contributed by atoms with Gasteiger partial charge in [-0.3, -0.25) is 9.69 Å². The third-order valence-corrected chi connectivity index (χ3v) is 5.13. The Hall–Kier alpha value is -2.13. The van der Waals surface area contributed by atoms with Crippen molar-refractivity contribution in [3.63, 3.8) is 0 Å². The van der Waals surface area contributed by atoms with E-state index in [0.717, 1.165) is 35.9 Å². The van der Waals surface area contributed by atoms with E-state index in [9.17, 15) is 4.79 Å². The SMILES string of the molecule is CC1CCN(C(C)C(=O)c2ccc(OCc3ccccc3)cc2)CC1. The smallest absolute Gasteiger partial charge is 0.179 e. The molecule has 2 aromatic rings. The Morgan fingerprint density at radius 3 is 2.36 bits per heavy atom. The molecule has 1 aliphatic heterocycles. The summed E-state index contributed by atoms with van der Waals surface area (Å²) in [5.41, 5.74) is 1.90. The Morgan fingerprint density at radius 1 is 1.08 bits per heavy atom. The molecule has 0 aliphatic carbocycles. The zero-order valence-electron chi connectivity index (χ0n) is 15.2. The fraction of sp³-hybridized carbons (Fsp3) is 0.409. The van der Waals surface area contributed by atoms with Gasteiger partial charge in [-0.1, -0.05) is 37.3 Å². The monoisotopic (exact) mass is 337 g/mol. The van der Waals surface area contributed by atoms with Gasteiger partial charge in [-0.2, -0.15) is 0 Å². The number of nitrogens with zero attached hydrogens (tertiary/aromatic N) is 1. The van der Waals surface area contributed by atoms with Gasteiger partial charge in [0.1, 0.15) is 12.4 Å². The standard InChI is InChI=1S/C22H27NO2/c1-17-12-14-23(15-13-17)18(2)22(24)20-8-10-21(11-9-20)25-16-19-6-4-3-5-7-19/h3-11,17-18H,12-16H2,1-2H3. The van der Waals surface area contributed by atoms with Crippen LogP contribution in [0, 0.1) is 5.92 Å². The second-order valence-corrected chi connectivity index (χ2v) is 7.06. The third-order valence-electron chi connectivity index (χ3n) is 5.13. The first kappa shape index (κ1) is 17.7. The second-order valence-electron chi connectivity index (χ2n) is 7.06. The number of carbonyl (C=O) groups is 1. The minimum absolute atomic E-state index is 0.0522. The van der Waals surface area contributed by atoms with Gasteiger partial charge < -0.3 is 4.74 Å². The number of hydrogen-bond acceptors (Lipinski definition) is 3. The average Bonchev–Trinajstić information content (AvgIpc) is 2.67. The summed E-state index contributed by atoms with van der Waals surface area (Å²) in [6, 6.07) is 17.6. The lowest BCUT2D eigenvalue weighted by molar-refractivity contribution is 0.0779. The van der Waals surface area contributed by atoms with Crippen LogP contribution in [0.2, 0.25) is 0 Å². The summed E-state index contributed by atoms with van der Waals surface area (Å²) in [5.74, 6) is 1.77. The van der Waals surface area contributed by atoms with Crippen LogP contribution in [0.5, 0.6) is 5.75 Å². The number of piperidine rings is 1. The second kappa shape index (κ2) is 8.30. The van der Waals surface area contributed by atoms with Crippen LogP contribution in [0.15, 0.2) is 54.6 Å². The van der Waals surface area contributed by atoms with Crippen LogP contribution in [0.4, 0.5) is 0 Å². The van der Waals surface area contributed by atoms with E-state index in [0.29, 0.717) is 6.61 Å². The number of rotatable bonds is 6. The average molecular weight is 337 g/mol. The summed E-state index contributed by atoms with van der Waals surface area (Å²) in [4.78, 5) is 15.0. The summed E-state index contributed by atoms with van der Waals surface area (Å²) in [7, 11) is 0. The van der Waals surface area contributed by atoms with Gasteiger partial charge in [-0.15, -0.1) is 0 Å². The highest BCUT2D eigenvalue weighted by atomic mass is 16.5. The van der Waals surface area contributed by atoms with Gasteiger partial charge in [0.2, 0.25) is 0 Å². The molecule has 2 aromatic carbocycles. The summed E-state index contributed by atoms with van der Waals surface area (Å²) in [6.45, 7) is 6.89. The lowest BCUT2D eigenvalue weighted by Gasteiger charge is -2.34. The zero-order chi connectivity index (χ0) is 17.6. The van der Waals surface area contributed by atoms with Gasteiger partial charge in [0, 0.05) is 5.56 Å². The number of benzene rings is 2. The van der Waals surface area contributed by atoms with Crippen LogP contribution in [0.1, 0.15) is 42.6 Å². The molecule has 3 heteroatoms. The number of carbonyl (C=O) groups excluding carboxylic acids is 1. The molecule has 0 amide bonds. The third kappa shape index (κ3) is 4.70. The molecule has 0 aromatic heterocycles. The summed E-state index contributed by atoms with van der Waals surface area (Å²) in [6.07, 6.45) is 2.37. The zero-order valence-corrected chi connectivity index (χ0v) is 15.2. The largest absolute Gasteiger partial charge is 0.489 e. The molecular formula is C22H27NO2. The molecule has 1 aliphatic rings. The van der Waals surface area contributed by atoms with Crippen molar-refractivity contribution in [1.82, 2.24) is 4.90 Å². The van der Waals surface area contributed by atoms with Crippen molar-refractivity contribution in [2.24, 2.45) is 5.92 Å².